The average molecular weight is 494 g/mol. The number of aryl methyl sites for hydroxylation is 1. The number of hydrogen-bond donors (Lipinski definition) is 0. The van der Waals surface area contributed by atoms with Gasteiger partial charge in [0.2, 0.25) is 0 Å². The van der Waals surface area contributed by atoms with Gasteiger partial charge >= 0.3 is 0 Å². The Morgan fingerprint density at radius 2 is 1.55 bits per heavy atom. The first-order valence-electron chi connectivity index (χ1n) is 9.72. The maximum Gasteiger partial charge on any atom is 0.262 e. The number of rotatable bonds is 5. The molecule has 0 bridgehead atoms. The van der Waals surface area contributed by atoms with Crippen molar-refractivity contribution in [3.63, 3.8) is 0 Å². The highest BCUT2D eigenvalue weighted by molar-refractivity contribution is 9.10. The Labute approximate surface area is 189 Å². The molecule has 4 aromatic rings. The van der Waals surface area contributed by atoms with E-state index >= 15 is 0 Å². The van der Waals surface area contributed by atoms with Crippen molar-refractivity contribution < 1.29 is 9.59 Å². The zero-order valence-corrected chi connectivity index (χ0v) is 18.6. The molecule has 0 atom stereocenters. The van der Waals surface area contributed by atoms with Gasteiger partial charge in [0.25, 0.3) is 17.4 Å². The molecule has 0 saturated carbocycles. The lowest BCUT2D eigenvalue weighted by Gasteiger charge is -2.14. The van der Waals surface area contributed by atoms with Crippen molar-refractivity contribution in [2.24, 2.45) is 0 Å². The van der Waals surface area contributed by atoms with Gasteiger partial charge in [-0.25, -0.2) is 4.98 Å². The van der Waals surface area contributed by atoms with Gasteiger partial charge in [0, 0.05) is 28.5 Å². The van der Waals surface area contributed by atoms with Crippen molar-refractivity contribution in [3.05, 3.63) is 86.2 Å². The molecule has 1 aliphatic heterocycles. The standard InChI is InChI=1S/C23H16BrN3O3S/c24-15-8-6-14(7-9-15)18-12-31-20-19(18)23(30)26(13-25-20)10-3-11-27-21(28)16-4-1-2-5-17(16)22(27)29/h1-2,4-9,12-13H,3,10-11H2. The van der Waals surface area contributed by atoms with E-state index in [9.17, 15) is 14.4 Å². The zero-order valence-electron chi connectivity index (χ0n) is 16.2. The summed E-state index contributed by atoms with van der Waals surface area (Å²) in [5.41, 5.74) is 2.57. The van der Waals surface area contributed by atoms with E-state index in [4.69, 9.17) is 0 Å². The van der Waals surface area contributed by atoms with E-state index in [-0.39, 0.29) is 23.9 Å². The highest BCUT2D eigenvalue weighted by atomic mass is 79.9. The fraction of sp³-hybridized carbons (Fsp3) is 0.130. The maximum atomic E-state index is 13.2. The zero-order chi connectivity index (χ0) is 21.5. The number of carbonyl (C=O) groups excluding carboxylic acids is 2. The number of benzene rings is 2. The van der Waals surface area contributed by atoms with Gasteiger partial charge < -0.3 is 0 Å². The molecule has 6 nitrogen and oxygen atoms in total. The third-order valence-corrected chi connectivity index (χ3v) is 6.79. The highest BCUT2D eigenvalue weighted by Gasteiger charge is 2.34. The Hall–Kier alpha value is -3.10. The fourth-order valence-corrected chi connectivity index (χ4v) is 4.98. The predicted molar refractivity (Wildman–Crippen MR) is 123 cm³/mol. The Bertz CT molecular complexity index is 1360. The average Bonchev–Trinajstić information content (AvgIpc) is 3.32. The number of hydrogen-bond acceptors (Lipinski definition) is 5. The van der Waals surface area contributed by atoms with Crippen LogP contribution in [0.1, 0.15) is 27.1 Å². The molecule has 0 radical (unpaired) electrons. The van der Waals surface area contributed by atoms with Crippen molar-refractivity contribution in [1.82, 2.24) is 14.5 Å². The number of nitrogens with zero attached hydrogens (tertiary/aromatic N) is 3. The van der Waals surface area contributed by atoms with Crippen molar-refractivity contribution in [2.45, 2.75) is 13.0 Å². The Morgan fingerprint density at radius 1 is 0.871 bits per heavy atom. The van der Waals surface area contributed by atoms with Crippen molar-refractivity contribution in [2.75, 3.05) is 6.54 Å². The minimum absolute atomic E-state index is 0.119. The van der Waals surface area contributed by atoms with E-state index in [2.05, 4.69) is 20.9 Å². The highest BCUT2D eigenvalue weighted by Crippen LogP contribution is 2.31. The van der Waals surface area contributed by atoms with Gasteiger partial charge in [-0.15, -0.1) is 11.3 Å². The van der Waals surface area contributed by atoms with E-state index < -0.39 is 0 Å². The van der Waals surface area contributed by atoms with E-state index in [1.165, 1.54) is 22.6 Å². The Balaban J connectivity index is 1.37. The third-order valence-electron chi connectivity index (χ3n) is 5.37. The van der Waals surface area contributed by atoms with Crippen LogP contribution in [0.5, 0.6) is 0 Å². The van der Waals surface area contributed by atoms with E-state index in [1.54, 1.807) is 28.8 Å². The van der Waals surface area contributed by atoms with Gasteiger partial charge in [-0.05, 0) is 36.2 Å². The molecule has 0 aliphatic carbocycles. The van der Waals surface area contributed by atoms with Crippen LogP contribution in [0.4, 0.5) is 0 Å². The number of halogens is 1. The van der Waals surface area contributed by atoms with Gasteiger partial charge in [0.15, 0.2) is 0 Å². The summed E-state index contributed by atoms with van der Waals surface area (Å²) in [6, 6.07) is 14.6. The quantitative estimate of drug-likeness (QED) is 0.381. The largest absolute Gasteiger partial charge is 0.299 e. The number of amides is 2. The molecular formula is C23H16BrN3O3S. The molecule has 2 amide bonds. The van der Waals surface area contributed by atoms with Crippen LogP contribution < -0.4 is 5.56 Å². The van der Waals surface area contributed by atoms with Crippen LogP contribution in [0.25, 0.3) is 21.3 Å². The molecule has 0 fully saturated rings. The van der Waals surface area contributed by atoms with E-state index in [0.717, 1.165) is 15.6 Å². The first kappa shape index (κ1) is 19.8. The Morgan fingerprint density at radius 3 is 2.23 bits per heavy atom. The molecule has 5 rings (SSSR count). The third kappa shape index (κ3) is 3.41. The normalized spacial score (nSPS) is 13.3. The van der Waals surface area contributed by atoms with Crippen molar-refractivity contribution in [3.8, 4) is 11.1 Å². The maximum absolute atomic E-state index is 13.2. The molecule has 31 heavy (non-hydrogen) atoms. The van der Waals surface area contributed by atoms with E-state index in [1.807, 2.05) is 29.6 Å². The van der Waals surface area contributed by atoms with Gasteiger partial charge in [-0.1, -0.05) is 40.2 Å². The van der Waals surface area contributed by atoms with Crippen LogP contribution in [-0.2, 0) is 6.54 Å². The smallest absolute Gasteiger partial charge is 0.262 e. The molecule has 154 valence electrons. The summed E-state index contributed by atoms with van der Waals surface area (Å²) in [5.74, 6) is -0.561. The Kier molecular flexibility index (Phi) is 5.03. The molecule has 2 aromatic carbocycles. The molecular weight excluding hydrogens is 478 g/mol. The number of carbonyl (C=O) groups is 2. The minimum Gasteiger partial charge on any atom is -0.299 e. The molecule has 0 N–H and O–H groups in total. The molecule has 3 heterocycles. The van der Waals surface area contributed by atoms with Crippen LogP contribution in [0.2, 0.25) is 0 Å². The second kappa shape index (κ2) is 7.86. The molecule has 1 aliphatic rings. The molecule has 0 spiro atoms. The summed E-state index contributed by atoms with van der Waals surface area (Å²) < 4.78 is 2.52. The monoisotopic (exact) mass is 493 g/mol. The molecule has 0 saturated heterocycles. The van der Waals surface area contributed by atoms with Crippen LogP contribution in [-0.4, -0.2) is 32.8 Å². The van der Waals surface area contributed by atoms with Crippen LogP contribution >= 0.6 is 27.3 Å². The predicted octanol–water partition coefficient (Wildman–Crippen LogP) is 4.57. The minimum atomic E-state index is -0.281. The molecule has 2 aromatic heterocycles. The van der Waals surface area contributed by atoms with Crippen LogP contribution in [0, 0.1) is 0 Å². The second-order valence-corrected chi connectivity index (χ2v) is 9.01. The first-order chi connectivity index (χ1) is 15.0. The number of thiophene rings is 1. The van der Waals surface area contributed by atoms with Gasteiger partial charge in [-0.2, -0.15) is 0 Å². The lowest BCUT2D eigenvalue weighted by Crippen LogP contribution is -2.32. The fourth-order valence-electron chi connectivity index (χ4n) is 3.81. The van der Waals surface area contributed by atoms with Crippen LogP contribution in [0.15, 0.2) is 69.5 Å². The van der Waals surface area contributed by atoms with Crippen molar-refractivity contribution >= 4 is 49.3 Å². The SMILES string of the molecule is O=C1c2ccccc2C(=O)N1CCCn1cnc2scc(-c3ccc(Br)cc3)c2c1=O. The summed E-state index contributed by atoms with van der Waals surface area (Å²) in [5, 5.41) is 2.54. The lowest BCUT2D eigenvalue weighted by atomic mass is 10.1. The summed E-state index contributed by atoms with van der Waals surface area (Å²) in [7, 11) is 0. The number of aromatic nitrogens is 2. The summed E-state index contributed by atoms with van der Waals surface area (Å²) >= 11 is 4.87. The van der Waals surface area contributed by atoms with Gasteiger partial charge in [-0.3, -0.25) is 23.9 Å². The molecule has 8 heteroatoms. The van der Waals surface area contributed by atoms with Gasteiger partial charge in [0.05, 0.1) is 22.8 Å². The van der Waals surface area contributed by atoms with E-state index in [0.29, 0.717) is 34.3 Å². The number of fused-ring (bicyclic) bond motifs is 2. The van der Waals surface area contributed by atoms with Gasteiger partial charge in [0.1, 0.15) is 4.83 Å². The number of imide groups is 1. The van der Waals surface area contributed by atoms with Crippen molar-refractivity contribution in [1.29, 1.82) is 0 Å². The summed E-state index contributed by atoms with van der Waals surface area (Å²) in [4.78, 5) is 44.6. The first-order valence-corrected chi connectivity index (χ1v) is 11.4. The summed E-state index contributed by atoms with van der Waals surface area (Å²) in [6.07, 6.45) is 2.01. The molecule has 0 unspecified atom stereocenters. The lowest BCUT2D eigenvalue weighted by molar-refractivity contribution is 0.0650. The topological polar surface area (TPSA) is 72.3 Å². The van der Waals surface area contributed by atoms with Crippen LogP contribution in [0.3, 0.4) is 0 Å². The second-order valence-electron chi connectivity index (χ2n) is 7.24. The summed E-state index contributed by atoms with van der Waals surface area (Å²) in [6.45, 7) is 0.616.